The minimum absolute atomic E-state index is 0.0379. The number of likely N-dealkylation sites (tertiary alicyclic amines) is 1. The Morgan fingerprint density at radius 2 is 1.84 bits per heavy atom. The number of ether oxygens (including phenoxy) is 2. The van der Waals surface area contributed by atoms with Crippen molar-refractivity contribution in [3.05, 3.63) is 70.0 Å². The normalized spacial score (nSPS) is 18.4. The Bertz CT molecular complexity index is 1390. The molecule has 3 aromatic rings. The second kappa shape index (κ2) is 14.8. The van der Waals surface area contributed by atoms with Crippen molar-refractivity contribution in [3.8, 4) is 11.5 Å². The fourth-order valence-electron chi connectivity index (χ4n) is 6.68. The van der Waals surface area contributed by atoms with Crippen molar-refractivity contribution in [1.82, 2.24) is 15.0 Å². The van der Waals surface area contributed by atoms with Crippen LogP contribution in [0.2, 0.25) is 0 Å². The van der Waals surface area contributed by atoms with Crippen molar-refractivity contribution in [1.29, 1.82) is 0 Å². The van der Waals surface area contributed by atoms with Crippen molar-refractivity contribution >= 4 is 11.8 Å². The molecule has 2 heterocycles. The van der Waals surface area contributed by atoms with Gasteiger partial charge in [0.1, 0.15) is 12.6 Å². The molecule has 1 aliphatic heterocycles. The summed E-state index contributed by atoms with van der Waals surface area (Å²) in [5, 5.41) is 8.16. The number of hydrogen-bond acceptors (Lipinski definition) is 6. The number of carbonyl (C=O) groups excluding carboxylic acids is 2. The predicted octanol–water partition coefficient (Wildman–Crippen LogP) is 6.16. The molecule has 232 valence electrons. The van der Waals surface area contributed by atoms with Gasteiger partial charge in [-0.25, -0.2) is 0 Å². The lowest BCUT2D eigenvalue weighted by molar-refractivity contribution is -0.959. The monoisotopic (exact) mass is 589 g/mol. The molecule has 1 aliphatic rings. The fraction of sp³-hybridized carbons (Fsp3) is 0.543. The van der Waals surface area contributed by atoms with Gasteiger partial charge in [0.25, 0.3) is 0 Å². The summed E-state index contributed by atoms with van der Waals surface area (Å²) in [5.74, 6) is 1.02. The molecule has 4 rings (SSSR count). The molecule has 0 saturated carbocycles. The quantitative estimate of drug-likeness (QED) is 0.0970. The SMILES string of the molecule is CCCC[N+]1(Cc2cc(C)c(OC(C)=O)c(OCCCc3cn(C)nn3)c2)CCCCC1C(=O)Cc1c(C)cccc1C. The Kier molecular flexibility index (Phi) is 11.1. The summed E-state index contributed by atoms with van der Waals surface area (Å²) in [6, 6.07) is 10.4. The number of ketones is 1. The van der Waals surface area contributed by atoms with Gasteiger partial charge in [0.15, 0.2) is 17.3 Å². The smallest absolute Gasteiger partial charge is 0.308 e. The van der Waals surface area contributed by atoms with Gasteiger partial charge in [-0.05, 0) is 87.3 Å². The molecule has 1 fully saturated rings. The van der Waals surface area contributed by atoms with E-state index in [1.54, 1.807) is 4.68 Å². The Balaban J connectivity index is 1.61. The van der Waals surface area contributed by atoms with Crippen LogP contribution in [0.15, 0.2) is 36.5 Å². The molecule has 1 aromatic heterocycles. The van der Waals surface area contributed by atoms with Crippen LogP contribution in [-0.4, -0.2) is 57.0 Å². The third-order valence-electron chi connectivity index (χ3n) is 8.84. The molecule has 0 amide bonds. The second-order valence-corrected chi connectivity index (χ2v) is 12.4. The summed E-state index contributed by atoms with van der Waals surface area (Å²) >= 11 is 0. The summed E-state index contributed by atoms with van der Waals surface area (Å²) in [7, 11) is 1.85. The topological polar surface area (TPSA) is 83.3 Å². The summed E-state index contributed by atoms with van der Waals surface area (Å²) in [6.07, 6.45) is 9.18. The van der Waals surface area contributed by atoms with Crippen LogP contribution in [-0.2, 0) is 36.0 Å². The number of unbranched alkanes of at least 4 members (excludes halogenated alkanes) is 1. The van der Waals surface area contributed by atoms with Crippen molar-refractivity contribution < 1.29 is 23.5 Å². The van der Waals surface area contributed by atoms with Crippen molar-refractivity contribution in [2.45, 2.75) is 98.6 Å². The standard InChI is InChI=1S/C35H49N4O4/c1-7-8-17-39(18-10-9-16-32(39)33(41)22-31-25(2)13-11-14-26(31)3)24-29-20-27(4)35(43-28(5)40)34(21-29)42-19-12-15-30-23-38(6)37-36-30/h11,13-14,20-21,23,32H,7-10,12,15-19,22,24H2,1-6H3/q+1. The molecule has 0 bridgehead atoms. The predicted molar refractivity (Wildman–Crippen MR) is 168 cm³/mol. The number of Topliss-reactive ketones (excluding diaryl/α,β-unsaturated/α-hetero) is 1. The largest absolute Gasteiger partial charge is 0.490 e. The average Bonchev–Trinajstić information content (AvgIpc) is 3.38. The lowest BCUT2D eigenvalue weighted by Crippen LogP contribution is -2.61. The van der Waals surface area contributed by atoms with Gasteiger partial charge in [0.2, 0.25) is 0 Å². The van der Waals surface area contributed by atoms with E-state index in [-0.39, 0.29) is 12.0 Å². The number of nitrogens with zero attached hydrogens (tertiary/aromatic N) is 4. The lowest BCUT2D eigenvalue weighted by Gasteiger charge is -2.47. The highest BCUT2D eigenvalue weighted by atomic mass is 16.6. The van der Waals surface area contributed by atoms with Gasteiger partial charge in [-0.2, -0.15) is 0 Å². The number of aromatic nitrogens is 3. The van der Waals surface area contributed by atoms with E-state index in [1.165, 1.54) is 23.6 Å². The Labute approximate surface area is 257 Å². The van der Waals surface area contributed by atoms with Gasteiger partial charge in [-0.1, -0.05) is 36.8 Å². The Morgan fingerprint density at radius 3 is 2.51 bits per heavy atom. The Morgan fingerprint density at radius 1 is 1.07 bits per heavy atom. The average molecular weight is 590 g/mol. The van der Waals surface area contributed by atoms with Crippen molar-refractivity contribution in [3.63, 3.8) is 0 Å². The van der Waals surface area contributed by atoms with Gasteiger partial charge in [-0.3, -0.25) is 14.3 Å². The molecule has 8 nitrogen and oxygen atoms in total. The highest BCUT2D eigenvalue weighted by Gasteiger charge is 2.43. The van der Waals surface area contributed by atoms with Crippen molar-refractivity contribution in [2.75, 3.05) is 19.7 Å². The number of esters is 1. The molecule has 8 heteroatoms. The maximum absolute atomic E-state index is 14.1. The van der Waals surface area contributed by atoms with Crippen LogP contribution < -0.4 is 9.47 Å². The number of piperidine rings is 1. The number of aryl methyl sites for hydroxylation is 5. The third-order valence-corrected chi connectivity index (χ3v) is 8.84. The number of benzene rings is 2. The van der Waals surface area contributed by atoms with Crippen LogP contribution >= 0.6 is 0 Å². The van der Waals surface area contributed by atoms with Gasteiger partial charge in [0.05, 0.1) is 25.4 Å². The van der Waals surface area contributed by atoms with Gasteiger partial charge in [0, 0.05) is 38.6 Å². The van der Waals surface area contributed by atoms with E-state index < -0.39 is 0 Å². The molecule has 2 aromatic carbocycles. The highest BCUT2D eigenvalue weighted by molar-refractivity contribution is 5.85. The molecule has 0 spiro atoms. The molecule has 1 saturated heterocycles. The van der Waals surface area contributed by atoms with Gasteiger partial charge < -0.3 is 14.0 Å². The molecule has 0 N–H and O–H groups in total. The zero-order valence-electron chi connectivity index (χ0n) is 26.9. The first-order valence-corrected chi connectivity index (χ1v) is 15.9. The van der Waals surface area contributed by atoms with Crippen LogP contribution in [0, 0.1) is 20.8 Å². The third kappa shape index (κ3) is 8.31. The minimum atomic E-state index is -0.375. The van der Waals surface area contributed by atoms with Crippen LogP contribution in [0.1, 0.15) is 85.9 Å². The van der Waals surface area contributed by atoms with E-state index in [4.69, 9.17) is 9.47 Å². The molecular formula is C35H49N4O4+. The number of hydrogen-bond donors (Lipinski definition) is 0. The highest BCUT2D eigenvalue weighted by Crippen LogP contribution is 2.37. The zero-order valence-corrected chi connectivity index (χ0v) is 26.9. The van der Waals surface area contributed by atoms with Gasteiger partial charge in [-0.15, -0.1) is 5.10 Å². The van der Waals surface area contributed by atoms with E-state index >= 15 is 0 Å². The van der Waals surface area contributed by atoms with E-state index in [0.717, 1.165) is 85.9 Å². The first kappa shape index (κ1) is 32.4. The first-order valence-electron chi connectivity index (χ1n) is 15.9. The molecule has 0 aliphatic carbocycles. The summed E-state index contributed by atoms with van der Waals surface area (Å²) in [5.41, 5.74) is 6.44. The lowest BCUT2D eigenvalue weighted by atomic mass is 9.88. The molecule has 43 heavy (non-hydrogen) atoms. The maximum Gasteiger partial charge on any atom is 0.308 e. The van der Waals surface area contributed by atoms with E-state index in [0.29, 0.717) is 30.3 Å². The summed E-state index contributed by atoms with van der Waals surface area (Å²) < 4.78 is 14.4. The van der Waals surface area contributed by atoms with E-state index in [2.05, 4.69) is 55.3 Å². The minimum Gasteiger partial charge on any atom is -0.490 e. The second-order valence-electron chi connectivity index (χ2n) is 12.4. The first-order chi connectivity index (χ1) is 20.6. The molecule has 2 atom stereocenters. The van der Waals surface area contributed by atoms with E-state index in [1.807, 2.05) is 26.2 Å². The van der Waals surface area contributed by atoms with Crippen LogP contribution in [0.25, 0.3) is 0 Å². The number of rotatable bonds is 14. The summed E-state index contributed by atoms with van der Waals surface area (Å²) in [6.45, 7) is 13.0. The van der Waals surface area contributed by atoms with E-state index in [9.17, 15) is 9.59 Å². The zero-order chi connectivity index (χ0) is 31.0. The molecular weight excluding hydrogens is 540 g/mol. The fourth-order valence-corrected chi connectivity index (χ4v) is 6.68. The molecule has 2 unspecified atom stereocenters. The summed E-state index contributed by atoms with van der Waals surface area (Å²) in [4.78, 5) is 26.1. The van der Waals surface area contributed by atoms with Crippen LogP contribution in [0.3, 0.4) is 0 Å². The van der Waals surface area contributed by atoms with Crippen LogP contribution in [0.4, 0.5) is 0 Å². The van der Waals surface area contributed by atoms with Gasteiger partial charge >= 0.3 is 5.97 Å². The maximum atomic E-state index is 14.1. The number of carbonyl (C=O) groups is 2. The van der Waals surface area contributed by atoms with Crippen LogP contribution in [0.5, 0.6) is 11.5 Å². The number of quaternary nitrogens is 1. The molecule has 0 radical (unpaired) electrons. The Hall–Kier alpha value is -3.52. The van der Waals surface area contributed by atoms with Crippen molar-refractivity contribution in [2.24, 2.45) is 7.05 Å².